The number of hydrogen-bond donors (Lipinski definition) is 0. The monoisotopic (exact) mass is 159 g/mol. The molecule has 1 radical (unpaired) electrons. The fourth-order valence-electron chi connectivity index (χ4n) is 0.982. The van der Waals surface area contributed by atoms with E-state index in [1.165, 1.54) is 16.1 Å². The van der Waals surface area contributed by atoms with Crippen LogP contribution in [-0.4, -0.2) is 15.2 Å². The summed E-state index contributed by atoms with van der Waals surface area (Å²) < 4.78 is 0. The first-order valence-electron chi connectivity index (χ1n) is 3.90. The summed E-state index contributed by atoms with van der Waals surface area (Å²) in [5.41, 5.74) is 1.46. The maximum absolute atomic E-state index is 3.71. The van der Waals surface area contributed by atoms with E-state index in [1.54, 1.807) is 0 Å². The van der Waals surface area contributed by atoms with Crippen LogP contribution in [0.1, 0.15) is 5.56 Å². The third kappa shape index (κ3) is 3.41. The van der Waals surface area contributed by atoms with Crippen molar-refractivity contribution in [3.05, 3.63) is 48.6 Å². The highest BCUT2D eigenvalue weighted by Crippen LogP contribution is 1.99. The summed E-state index contributed by atoms with van der Waals surface area (Å²) in [6.07, 6.45) is 2.01. The Labute approximate surface area is 74.7 Å². The van der Waals surface area contributed by atoms with Crippen LogP contribution in [0.3, 0.4) is 0 Å². The third-order valence-electron chi connectivity index (χ3n) is 1.56. The average Bonchev–Trinajstić information content (AvgIpc) is 2.07. The molecular weight excluding hydrogens is 147 g/mol. The predicted octanol–water partition coefficient (Wildman–Crippen LogP) is 2.50. The second-order valence-electron chi connectivity index (χ2n) is 2.50. The van der Waals surface area contributed by atoms with Crippen molar-refractivity contribution in [2.75, 3.05) is 0 Å². The first kappa shape index (κ1) is 8.59. The molecule has 0 unspecified atom stereocenters. The Morgan fingerprint density at radius 1 is 1.27 bits per heavy atom. The summed E-state index contributed by atoms with van der Waals surface area (Å²) in [5, 5.41) is 2.46. The second-order valence-corrected chi connectivity index (χ2v) is 3.96. The number of hydrogen-bond acceptors (Lipinski definition) is 0. The topological polar surface area (TPSA) is 0 Å². The molecule has 1 aromatic carbocycles. The fraction of sp³-hybridized carbons (Fsp3) is 0.200. The minimum absolute atomic E-state index is 0.543. The van der Waals surface area contributed by atoms with Gasteiger partial charge in [0.05, 0.1) is 0 Å². The van der Waals surface area contributed by atoms with Crippen molar-refractivity contribution in [2.24, 2.45) is 0 Å². The van der Waals surface area contributed by atoms with E-state index in [0.29, 0.717) is 15.2 Å². The van der Waals surface area contributed by atoms with Crippen LogP contribution in [0.15, 0.2) is 43.0 Å². The molecule has 0 N–H and O–H groups in total. The molecular formula is C10H12Al. The Balaban J connectivity index is 2.33. The van der Waals surface area contributed by atoms with E-state index >= 15 is 0 Å². The van der Waals surface area contributed by atoms with E-state index in [4.69, 9.17) is 0 Å². The van der Waals surface area contributed by atoms with Crippen molar-refractivity contribution < 1.29 is 0 Å². The smallest absolute Gasteiger partial charge is 0.106 e. The SMILES string of the molecule is C=C[CH2][Al][CH2]c1ccccc1. The first-order valence-corrected chi connectivity index (χ1v) is 5.53. The maximum atomic E-state index is 3.71. The Morgan fingerprint density at radius 3 is 2.64 bits per heavy atom. The molecule has 1 rings (SSSR count). The molecule has 0 fully saturated rings. The maximum Gasteiger partial charge on any atom is 0.213 e. The van der Waals surface area contributed by atoms with Gasteiger partial charge < -0.3 is 0 Å². The van der Waals surface area contributed by atoms with Gasteiger partial charge in [0.2, 0.25) is 15.2 Å². The molecule has 0 aromatic heterocycles. The van der Waals surface area contributed by atoms with Gasteiger partial charge in [0, 0.05) is 0 Å². The van der Waals surface area contributed by atoms with Crippen molar-refractivity contribution in [2.45, 2.75) is 10.6 Å². The highest BCUT2D eigenvalue weighted by molar-refractivity contribution is 6.35. The van der Waals surface area contributed by atoms with Crippen molar-refractivity contribution in [1.29, 1.82) is 0 Å². The normalized spacial score (nSPS) is 9.09. The zero-order valence-electron chi connectivity index (χ0n) is 6.66. The van der Waals surface area contributed by atoms with Crippen LogP contribution in [0.5, 0.6) is 0 Å². The van der Waals surface area contributed by atoms with E-state index in [2.05, 4.69) is 36.9 Å². The zero-order valence-corrected chi connectivity index (χ0v) is 7.82. The molecule has 0 nitrogen and oxygen atoms in total. The van der Waals surface area contributed by atoms with Crippen molar-refractivity contribution >= 4 is 15.2 Å². The predicted molar refractivity (Wildman–Crippen MR) is 50.9 cm³/mol. The van der Waals surface area contributed by atoms with Crippen LogP contribution >= 0.6 is 0 Å². The van der Waals surface area contributed by atoms with Gasteiger partial charge in [-0.15, -0.1) is 12.7 Å². The highest BCUT2D eigenvalue weighted by atomic mass is 27.1. The van der Waals surface area contributed by atoms with Crippen LogP contribution in [-0.2, 0) is 5.28 Å². The second kappa shape index (κ2) is 5.18. The third-order valence-corrected chi connectivity index (χ3v) is 2.98. The van der Waals surface area contributed by atoms with Crippen LogP contribution in [0.2, 0.25) is 5.28 Å². The number of allylic oxidation sites excluding steroid dienone is 1. The highest BCUT2D eigenvalue weighted by Gasteiger charge is 1.91. The minimum Gasteiger partial charge on any atom is -0.106 e. The lowest BCUT2D eigenvalue weighted by atomic mass is 10.2. The quantitative estimate of drug-likeness (QED) is 0.359. The van der Waals surface area contributed by atoms with E-state index in [1.807, 2.05) is 6.08 Å². The molecule has 0 bridgehead atoms. The summed E-state index contributed by atoms with van der Waals surface area (Å²) in [5.74, 6) is 0. The molecule has 0 aliphatic rings. The lowest BCUT2D eigenvalue weighted by Gasteiger charge is -1.95. The van der Waals surface area contributed by atoms with Crippen molar-refractivity contribution in [3.8, 4) is 0 Å². The Hall–Kier alpha value is -0.508. The van der Waals surface area contributed by atoms with Crippen LogP contribution in [0.25, 0.3) is 0 Å². The molecule has 0 spiro atoms. The molecule has 0 aliphatic carbocycles. The van der Waals surface area contributed by atoms with E-state index in [9.17, 15) is 0 Å². The molecule has 11 heavy (non-hydrogen) atoms. The van der Waals surface area contributed by atoms with Crippen LogP contribution in [0, 0.1) is 0 Å². The molecule has 0 aliphatic heterocycles. The van der Waals surface area contributed by atoms with Crippen LogP contribution < -0.4 is 0 Å². The lowest BCUT2D eigenvalue weighted by Crippen LogP contribution is -1.93. The minimum atomic E-state index is 0.543. The van der Waals surface area contributed by atoms with Gasteiger partial charge in [0.15, 0.2) is 0 Å². The van der Waals surface area contributed by atoms with Gasteiger partial charge in [0.1, 0.15) is 0 Å². The largest absolute Gasteiger partial charge is 0.213 e. The van der Waals surface area contributed by atoms with Gasteiger partial charge >= 0.3 is 0 Å². The zero-order chi connectivity index (χ0) is 7.94. The molecule has 0 saturated carbocycles. The molecule has 0 amide bonds. The molecule has 0 saturated heterocycles. The summed E-state index contributed by atoms with van der Waals surface area (Å²) in [4.78, 5) is 0. The molecule has 1 aromatic rings. The van der Waals surface area contributed by atoms with E-state index in [-0.39, 0.29) is 0 Å². The van der Waals surface area contributed by atoms with Gasteiger partial charge in [0.25, 0.3) is 0 Å². The summed E-state index contributed by atoms with van der Waals surface area (Å²) >= 11 is 0.543. The Morgan fingerprint density at radius 2 is 2.00 bits per heavy atom. The fourth-order valence-corrected chi connectivity index (χ4v) is 1.99. The van der Waals surface area contributed by atoms with Gasteiger partial charge in [-0.3, -0.25) is 0 Å². The number of benzene rings is 1. The summed E-state index contributed by atoms with van der Waals surface area (Å²) in [6, 6.07) is 10.6. The summed E-state index contributed by atoms with van der Waals surface area (Å²) in [6.45, 7) is 3.71. The lowest BCUT2D eigenvalue weighted by molar-refractivity contribution is 1.37. The van der Waals surface area contributed by atoms with Gasteiger partial charge in [-0.1, -0.05) is 46.5 Å². The van der Waals surface area contributed by atoms with E-state index < -0.39 is 0 Å². The first-order chi connectivity index (χ1) is 5.43. The number of rotatable bonds is 4. The van der Waals surface area contributed by atoms with Gasteiger partial charge in [-0.25, -0.2) is 0 Å². The average molecular weight is 159 g/mol. The van der Waals surface area contributed by atoms with E-state index in [0.717, 1.165) is 0 Å². The standard InChI is InChI=1S/C7H7.C3H5.Al/c1-7-5-3-2-4-6-7;1-3-2;/h2-6H,1H2;3H,1-2H2;. The summed E-state index contributed by atoms with van der Waals surface area (Å²) in [7, 11) is 0. The van der Waals surface area contributed by atoms with Crippen molar-refractivity contribution in [1.82, 2.24) is 0 Å². The van der Waals surface area contributed by atoms with Gasteiger partial charge in [-0.2, -0.15) is 0 Å². The van der Waals surface area contributed by atoms with Gasteiger partial charge in [-0.05, 0) is 0 Å². The Kier molecular flexibility index (Phi) is 4.05. The molecule has 55 valence electrons. The molecule has 0 atom stereocenters. The van der Waals surface area contributed by atoms with Crippen molar-refractivity contribution in [3.63, 3.8) is 0 Å². The Bertz CT molecular complexity index is 203. The molecule has 1 heteroatoms. The molecule has 0 heterocycles. The van der Waals surface area contributed by atoms with Crippen LogP contribution in [0.4, 0.5) is 0 Å².